The van der Waals surface area contributed by atoms with Crippen molar-refractivity contribution in [1.29, 1.82) is 0 Å². The van der Waals surface area contributed by atoms with E-state index in [9.17, 15) is 14.4 Å². The summed E-state index contributed by atoms with van der Waals surface area (Å²) in [5.41, 5.74) is 1.75. The van der Waals surface area contributed by atoms with E-state index in [1.165, 1.54) is 14.0 Å². The van der Waals surface area contributed by atoms with Gasteiger partial charge >= 0.3 is 11.9 Å². The van der Waals surface area contributed by atoms with Gasteiger partial charge in [-0.25, -0.2) is 9.59 Å². The first-order valence-electron chi connectivity index (χ1n) is 8.74. The Balaban J connectivity index is 1.83. The van der Waals surface area contributed by atoms with Crippen molar-refractivity contribution >= 4 is 17.8 Å². The molecule has 0 spiro atoms. The van der Waals surface area contributed by atoms with E-state index in [2.05, 4.69) is 5.32 Å². The monoisotopic (exact) mass is 385 g/mol. The molecule has 2 aromatic carbocycles. The van der Waals surface area contributed by atoms with Crippen molar-refractivity contribution in [3.8, 4) is 5.75 Å². The normalized spacial score (nSPS) is 11.4. The van der Waals surface area contributed by atoms with Crippen LogP contribution in [0.4, 0.5) is 0 Å². The van der Waals surface area contributed by atoms with Crippen molar-refractivity contribution < 1.29 is 28.6 Å². The number of amides is 1. The molecule has 0 saturated heterocycles. The third kappa shape index (κ3) is 7.20. The van der Waals surface area contributed by atoms with Gasteiger partial charge in [-0.2, -0.15) is 0 Å². The molecule has 0 aliphatic rings. The highest BCUT2D eigenvalue weighted by molar-refractivity contribution is 5.83. The van der Waals surface area contributed by atoms with Gasteiger partial charge in [0.15, 0.2) is 0 Å². The molecule has 0 aliphatic heterocycles. The highest BCUT2D eigenvalue weighted by atomic mass is 16.6. The highest BCUT2D eigenvalue weighted by Crippen LogP contribution is 2.14. The first-order chi connectivity index (χ1) is 13.5. The Kier molecular flexibility index (Phi) is 8.17. The molecule has 0 aromatic heterocycles. The summed E-state index contributed by atoms with van der Waals surface area (Å²) in [6, 6.07) is 15.4. The number of rotatable bonds is 9. The van der Waals surface area contributed by atoms with Gasteiger partial charge in [-0.15, -0.1) is 0 Å². The Labute approximate surface area is 163 Å². The van der Waals surface area contributed by atoms with Crippen LogP contribution in [0.2, 0.25) is 0 Å². The molecule has 0 fully saturated rings. The van der Waals surface area contributed by atoms with Gasteiger partial charge in [0.2, 0.25) is 5.91 Å². The van der Waals surface area contributed by atoms with E-state index in [0.717, 1.165) is 11.1 Å². The molecule has 148 valence electrons. The molecule has 1 atom stereocenters. The molecule has 7 nitrogen and oxygen atoms in total. The number of esters is 2. The number of carbonyl (C=O) groups is 3. The summed E-state index contributed by atoms with van der Waals surface area (Å²) >= 11 is 0. The average Bonchev–Trinajstić information content (AvgIpc) is 2.69. The Morgan fingerprint density at radius 3 is 2.25 bits per heavy atom. The lowest BCUT2D eigenvalue weighted by atomic mass is 10.1. The van der Waals surface area contributed by atoms with Gasteiger partial charge in [0.1, 0.15) is 18.4 Å². The fraction of sp³-hybridized carbons (Fsp3) is 0.286. The topological polar surface area (TPSA) is 90.9 Å². The molecule has 1 N–H and O–H groups in total. The van der Waals surface area contributed by atoms with Gasteiger partial charge in [-0.3, -0.25) is 4.79 Å². The van der Waals surface area contributed by atoms with E-state index in [1.807, 2.05) is 30.3 Å². The Bertz CT molecular complexity index is 788. The molecule has 2 aromatic rings. The second-order valence-electron chi connectivity index (χ2n) is 6.08. The van der Waals surface area contributed by atoms with E-state index in [-0.39, 0.29) is 18.9 Å². The summed E-state index contributed by atoms with van der Waals surface area (Å²) in [7, 11) is 1.26. The van der Waals surface area contributed by atoms with Crippen LogP contribution in [0.25, 0.3) is 0 Å². The zero-order valence-corrected chi connectivity index (χ0v) is 15.8. The molecule has 1 amide bonds. The van der Waals surface area contributed by atoms with E-state index in [4.69, 9.17) is 14.2 Å². The standard InChI is InChI=1S/C21H23NO6/c1-15(23)22-19(21(25)26-2)12-16-8-10-18(11-9-16)28-20(24)14-27-13-17-6-4-3-5-7-17/h3-11,19H,12-14H2,1-2H3,(H,22,23)/t19-/m0/s1. The molecule has 0 radical (unpaired) electrons. The Morgan fingerprint density at radius 2 is 1.64 bits per heavy atom. The quantitative estimate of drug-likeness (QED) is 0.525. The highest BCUT2D eigenvalue weighted by Gasteiger charge is 2.20. The first-order valence-corrected chi connectivity index (χ1v) is 8.74. The van der Waals surface area contributed by atoms with E-state index >= 15 is 0 Å². The van der Waals surface area contributed by atoms with Crippen LogP contribution in [0.3, 0.4) is 0 Å². The van der Waals surface area contributed by atoms with Crippen molar-refractivity contribution in [1.82, 2.24) is 5.32 Å². The number of carbonyl (C=O) groups excluding carboxylic acids is 3. The summed E-state index contributed by atoms with van der Waals surface area (Å²) in [4.78, 5) is 34.8. The van der Waals surface area contributed by atoms with Crippen LogP contribution >= 0.6 is 0 Å². The smallest absolute Gasteiger partial charge is 0.337 e. The minimum absolute atomic E-state index is 0.163. The van der Waals surface area contributed by atoms with Gasteiger partial charge < -0.3 is 19.5 Å². The van der Waals surface area contributed by atoms with Crippen LogP contribution in [-0.4, -0.2) is 37.6 Å². The summed E-state index contributed by atoms with van der Waals surface area (Å²) in [5.74, 6) is -0.988. The molecule has 0 heterocycles. The maximum absolute atomic E-state index is 11.9. The number of hydrogen-bond donors (Lipinski definition) is 1. The lowest BCUT2D eigenvalue weighted by Gasteiger charge is -2.15. The largest absolute Gasteiger partial charge is 0.467 e. The molecule has 0 bridgehead atoms. The van der Waals surface area contributed by atoms with Crippen molar-refractivity contribution in [2.45, 2.75) is 26.0 Å². The minimum Gasteiger partial charge on any atom is -0.467 e. The summed E-state index contributed by atoms with van der Waals surface area (Å²) in [6.45, 7) is 1.49. The molecular weight excluding hydrogens is 362 g/mol. The Hall–Kier alpha value is -3.19. The molecule has 28 heavy (non-hydrogen) atoms. The van der Waals surface area contributed by atoms with Gasteiger partial charge in [0.25, 0.3) is 0 Å². The summed E-state index contributed by atoms with van der Waals surface area (Å²) in [6.07, 6.45) is 0.265. The summed E-state index contributed by atoms with van der Waals surface area (Å²) < 4.78 is 15.3. The third-order valence-electron chi connectivity index (χ3n) is 3.79. The molecule has 0 saturated carbocycles. The fourth-order valence-electron chi connectivity index (χ4n) is 2.50. The predicted molar refractivity (Wildman–Crippen MR) is 101 cm³/mol. The molecule has 2 rings (SSSR count). The van der Waals surface area contributed by atoms with Crippen LogP contribution < -0.4 is 10.1 Å². The van der Waals surface area contributed by atoms with E-state index in [1.54, 1.807) is 24.3 Å². The molecule has 0 unspecified atom stereocenters. The van der Waals surface area contributed by atoms with Crippen LogP contribution in [0, 0.1) is 0 Å². The van der Waals surface area contributed by atoms with Crippen molar-refractivity contribution in [2.24, 2.45) is 0 Å². The number of methoxy groups -OCH3 is 1. The third-order valence-corrected chi connectivity index (χ3v) is 3.79. The van der Waals surface area contributed by atoms with Crippen molar-refractivity contribution in [3.63, 3.8) is 0 Å². The first kappa shape index (κ1) is 21.1. The zero-order valence-electron chi connectivity index (χ0n) is 15.8. The van der Waals surface area contributed by atoms with Crippen LogP contribution in [0.15, 0.2) is 54.6 Å². The number of ether oxygens (including phenoxy) is 3. The minimum atomic E-state index is -0.776. The maximum Gasteiger partial charge on any atom is 0.337 e. The van der Waals surface area contributed by atoms with Crippen molar-refractivity contribution in [3.05, 3.63) is 65.7 Å². The van der Waals surface area contributed by atoms with Gasteiger partial charge in [0, 0.05) is 13.3 Å². The fourth-order valence-corrected chi connectivity index (χ4v) is 2.50. The molecule has 0 aliphatic carbocycles. The second kappa shape index (κ2) is 10.8. The van der Waals surface area contributed by atoms with E-state index in [0.29, 0.717) is 12.4 Å². The number of nitrogens with one attached hydrogen (secondary N) is 1. The van der Waals surface area contributed by atoms with Gasteiger partial charge in [-0.05, 0) is 23.3 Å². The predicted octanol–water partition coefficient (Wildman–Crippen LogP) is 2.03. The molecule has 7 heteroatoms. The zero-order chi connectivity index (χ0) is 20.4. The van der Waals surface area contributed by atoms with Crippen molar-refractivity contribution in [2.75, 3.05) is 13.7 Å². The van der Waals surface area contributed by atoms with Crippen LogP contribution in [0.1, 0.15) is 18.1 Å². The second-order valence-corrected chi connectivity index (χ2v) is 6.08. The van der Waals surface area contributed by atoms with E-state index < -0.39 is 18.0 Å². The van der Waals surface area contributed by atoms with Gasteiger partial charge in [0.05, 0.1) is 13.7 Å². The number of hydrogen-bond acceptors (Lipinski definition) is 6. The Morgan fingerprint density at radius 1 is 0.964 bits per heavy atom. The average molecular weight is 385 g/mol. The number of benzene rings is 2. The SMILES string of the molecule is COC(=O)[C@H](Cc1ccc(OC(=O)COCc2ccccc2)cc1)NC(C)=O. The lowest BCUT2D eigenvalue weighted by Crippen LogP contribution is -2.41. The van der Waals surface area contributed by atoms with Crippen LogP contribution in [-0.2, 0) is 36.9 Å². The van der Waals surface area contributed by atoms with Gasteiger partial charge in [-0.1, -0.05) is 42.5 Å². The lowest BCUT2D eigenvalue weighted by molar-refractivity contribution is -0.144. The molecular formula is C21H23NO6. The van der Waals surface area contributed by atoms with Crippen LogP contribution in [0.5, 0.6) is 5.75 Å². The maximum atomic E-state index is 11.9. The summed E-state index contributed by atoms with van der Waals surface area (Å²) in [5, 5.41) is 2.55.